The molecule has 2 aromatic rings. The van der Waals surface area contributed by atoms with Crippen molar-refractivity contribution in [3.63, 3.8) is 0 Å². The van der Waals surface area contributed by atoms with E-state index in [0.717, 1.165) is 16.1 Å². The zero-order chi connectivity index (χ0) is 14.7. The molecule has 0 bridgehead atoms. The Labute approximate surface area is 129 Å². The van der Waals surface area contributed by atoms with E-state index < -0.39 is 0 Å². The van der Waals surface area contributed by atoms with Crippen LogP contribution in [-0.2, 0) is 11.3 Å². The van der Waals surface area contributed by atoms with Crippen LogP contribution in [0, 0.1) is 0 Å². The second-order valence-electron chi connectivity index (χ2n) is 5.16. The molecule has 0 saturated carbocycles. The average Bonchev–Trinajstić information content (AvgIpc) is 2.54. The van der Waals surface area contributed by atoms with Crippen LogP contribution < -0.4 is 5.32 Å². The van der Waals surface area contributed by atoms with Crippen LogP contribution in [0.1, 0.15) is 5.56 Å². The fourth-order valence-electron chi connectivity index (χ4n) is 2.43. The van der Waals surface area contributed by atoms with Gasteiger partial charge in [0.05, 0.1) is 0 Å². The van der Waals surface area contributed by atoms with E-state index in [9.17, 15) is 4.79 Å². The molecule has 3 rings (SSSR count). The first-order valence-corrected chi connectivity index (χ1v) is 7.90. The lowest BCUT2D eigenvalue weighted by atomic mass is 10.2. The first kappa shape index (κ1) is 14.0. The summed E-state index contributed by atoms with van der Waals surface area (Å²) in [5.41, 5.74) is 2.28. The highest BCUT2D eigenvalue weighted by Crippen LogP contribution is 2.35. The molecule has 1 amide bonds. The van der Waals surface area contributed by atoms with E-state index in [1.807, 2.05) is 54.4 Å². The minimum absolute atomic E-state index is 0.0615. The Kier molecular flexibility index (Phi) is 4.15. The highest BCUT2D eigenvalue weighted by atomic mass is 32.2. The van der Waals surface area contributed by atoms with Crippen LogP contribution in [0.3, 0.4) is 0 Å². The third-order valence-corrected chi connectivity index (χ3v) is 4.81. The summed E-state index contributed by atoms with van der Waals surface area (Å²) in [6, 6.07) is 18.2. The molecule has 0 unspecified atom stereocenters. The number of anilines is 1. The molecular formula is C17H18N2OS. The Hall–Kier alpha value is -1.94. The lowest BCUT2D eigenvalue weighted by Gasteiger charge is -2.28. The van der Waals surface area contributed by atoms with Crippen LogP contribution in [0.2, 0.25) is 0 Å². The van der Waals surface area contributed by atoms with Gasteiger partial charge >= 0.3 is 0 Å². The van der Waals surface area contributed by atoms with Gasteiger partial charge in [0, 0.05) is 30.7 Å². The van der Waals surface area contributed by atoms with Crippen LogP contribution in [0.15, 0.2) is 59.5 Å². The molecule has 1 aliphatic heterocycles. The number of hydrogen-bond acceptors (Lipinski definition) is 3. The SMILES string of the molecule is CN(Cc1ccccc1)C(=O)[C@@H]1CNc2ccccc2S1. The maximum atomic E-state index is 12.6. The van der Waals surface area contributed by atoms with Crippen LogP contribution in [-0.4, -0.2) is 29.6 Å². The molecule has 0 saturated heterocycles. The van der Waals surface area contributed by atoms with Crippen molar-refractivity contribution >= 4 is 23.4 Å². The van der Waals surface area contributed by atoms with Crippen LogP contribution in [0.4, 0.5) is 5.69 Å². The fourth-order valence-corrected chi connectivity index (χ4v) is 3.61. The standard InChI is InChI=1S/C17H18N2OS/c1-19(12-13-7-3-2-4-8-13)17(20)16-11-18-14-9-5-6-10-15(14)21-16/h2-10,16,18H,11-12H2,1H3/t16-/m0/s1. The fraction of sp³-hybridized carbons (Fsp3) is 0.235. The Balaban J connectivity index is 1.66. The van der Waals surface area contributed by atoms with Gasteiger partial charge in [0.15, 0.2) is 0 Å². The highest BCUT2D eigenvalue weighted by Gasteiger charge is 2.27. The lowest BCUT2D eigenvalue weighted by Crippen LogP contribution is -2.39. The maximum Gasteiger partial charge on any atom is 0.237 e. The molecule has 0 spiro atoms. The van der Waals surface area contributed by atoms with Crippen molar-refractivity contribution in [1.29, 1.82) is 0 Å². The first-order chi connectivity index (χ1) is 10.2. The minimum Gasteiger partial charge on any atom is -0.382 e. The Morgan fingerprint density at radius 2 is 1.90 bits per heavy atom. The van der Waals surface area contributed by atoms with E-state index in [4.69, 9.17) is 0 Å². The Bertz CT molecular complexity index is 630. The van der Waals surface area contributed by atoms with Crippen molar-refractivity contribution in [2.45, 2.75) is 16.7 Å². The van der Waals surface area contributed by atoms with Gasteiger partial charge in [0.2, 0.25) is 5.91 Å². The van der Waals surface area contributed by atoms with Crippen LogP contribution in [0.25, 0.3) is 0 Å². The molecule has 21 heavy (non-hydrogen) atoms. The molecule has 4 heteroatoms. The van der Waals surface area contributed by atoms with Gasteiger partial charge in [-0.25, -0.2) is 0 Å². The number of hydrogen-bond donors (Lipinski definition) is 1. The third kappa shape index (κ3) is 3.22. The van der Waals surface area contributed by atoms with E-state index in [1.165, 1.54) is 0 Å². The molecule has 108 valence electrons. The number of rotatable bonds is 3. The predicted molar refractivity (Wildman–Crippen MR) is 87.5 cm³/mol. The summed E-state index contributed by atoms with van der Waals surface area (Å²) in [6.07, 6.45) is 0. The number of para-hydroxylation sites is 1. The molecule has 0 fully saturated rings. The van der Waals surface area contributed by atoms with Gasteiger partial charge in [-0.3, -0.25) is 4.79 Å². The second-order valence-corrected chi connectivity index (χ2v) is 6.41. The van der Waals surface area contributed by atoms with Gasteiger partial charge in [-0.2, -0.15) is 0 Å². The van der Waals surface area contributed by atoms with Crippen molar-refractivity contribution in [3.8, 4) is 0 Å². The molecule has 0 aromatic heterocycles. The molecule has 0 radical (unpaired) electrons. The summed E-state index contributed by atoms with van der Waals surface area (Å²) in [6.45, 7) is 1.33. The lowest BCUT2D eigenvalue weighted by molar-refractivity contribution is -0.129. The quantitative estimate of drug-likeness (QED) is 0.944. The molecule has 1 heterocycles. The maximum absolute atomic E-state index is 12.6. The number of amides is 1. The molecule has 1 N–H and O–H groups in total. The van der Waals surface area contributed by atoms with Gasteiger partial charge in [-0.15, -0.1) is 11.8 Å². The van der Waals surface area contributed by atoms with E-state index in [1.54, 1.807) is 11.8 Å². The van der Waals surface area contributed by atoms with Gasteiger partial charge in [-0.05, 0) is 17.7 Å². The van der Waals surface area contributed by atoms with E-state index in [0.29, 0.717) is 13.1 Å². The molecule has 3 nitrogen and oxygen atoms in total. The molecular weight excluding hydrogens is 280 g/mol. The van der Waals surface area contributed by atoms with Gasteiger partial charge in [0.25, 0.3) is 0 Å². The number of nitrogens with zero attached hydrogens (tertiary/aromatic N) is 1. The summed E-state index contributed by atoms with van der Waals surface area (Å²) in [7, 11) is 1.87. The summed E-state index contributed by atoms with van der Waals surface area (Å²) in [5, 5.41) is 3.28. The molecule has 1 aliphatic rings. The number of nitrogens with one attached hydrogen (secondary N) is 1. The van der Waals surface area contributed by atoms with Crippen molar-refractivity contribution < 1.29 is 4.79 Å². The summed E-state index contributed by atoms with van der Waals surface area (Å²) in [4.78, 5) is 15.5. The second kappa shape index (κ2) is 6.22. The third-order valence-electron chi connectivity index (χ3n) is 3.55. The number of carbonyl (C=O) groups is 1. The zero-order valence-corrected chi connectivity index (χ0v) is 12.8. The summed E-state index contributed by atoms with van der Waals surface area (Å²) >= 11 is 1.65. The largest absolute Gasteiger partial charge is 0.382 e. The number of benzene rings is 2. The number of thioether (sulfide) groups is 1. The number of carbonyl (C=O) groups excluding carboxylic acids is 1. The van der Waals surface area contributed by atoms with Crippen LogP contribution >= 0.6 is 11.8 Å². The Morgan fingerprint density at radius 3 is 2.71 bits per heavy atom. The van der Waals surface area contributed by atoms with E-state index in [-0.39, 0.29) is 11.2 Å². The smallest absolute Gasteiger partial charge is 0.237 e. The zero-order valence-electron chi connectivity index (χ0n) is 12.0. The normalized spacial score (nSPS) is 16.7. The molecule has 2 aromatic carbocycles. The predicted octanol–water partition coefficient (Wildman–Crippen LogP) is 3.23. The summed E-state index contributed by atoms with van der Waals surface area (Å²) in [5.74, 6) is 0.172. The Morgan fingerprint density at radius 1 is 1.19 bits per heavy atom. The van der Waals surface area contributed by atoms with Crippen molar-refractivity contribution in [1.82, 2.24) is 4.90 Å². The average molecular weight is 298 g/mol. The van der Waals surface area contributed by atoms with Gasteiger partial charge in [-0.1, -0.05) is 42.5 Å². The van der Waals surface area contributed by atoms with Crippen LogP contribution in [0.5, 0.6) is 0 Å². The molecule has 1 atom stereocenters. The summed E-state index contributed by atoms with van der Waals surface area (Å²) < 4.78 is 0. The first-order valence-electron chi connectivity index (χ1n) is 7.02. The van der Waals surface area contributed by atoms with Gasteiger partial charge in [0.1, 0.15) is 5.25 Å². The van der Waals surface area contributed by atoms with Crippen molar-refractivity contribution in [2.24, 2.45) is 0 Å². The highest BCUT2D eigenvalue weighted by molar-refractivity contribution is 8.00. The van der Waals surface area contributed by atoms with Crippen molar-refractivity contribution in [3.05, 3.63) is 60.2 Å². The van der Waals surface area contributed by atoms with E-state index >= 15 is 0 Å². The van der Waals surface area contributed by atoms with E-state index in [2.05, 4.69) is 17.4 Å². The topological polar surface area (TPSA) is 32.3 Å². The minimum atomic E-state index is -0.0615. The van der Waals surface area contributed by atoms with Gasteiger partial charge < -0.3 is 10.2 Å². The molecule has 0 aliphatic carbocycles. The number of fused-ring (bicyclic) bond motifs is 1. The monoisotopic (exact) mass is 298 g/mol. The van der Waals surface area contributed by atoms with Crippen molar-refractivity contribution in [2.75, 3.05) is 18.9 Å².